The molecule has 0 aromatic rings. The summed E-state index contributed by atoms with van der Waals surface area (Å²) in [7, 11) is 2.95. The number of hydrogen-bond acceptors (Lipinski definition) is 4. The Morgan fingerprint density at radius 2 is 1.93 bits per heavy atom. The van der Waals surface area contributed by atoms with Gasteiger partial charge in [0.05, 0.1) is 7.11 Å². The molecule has 0 aromatic heterocycles. The maximum atomic E-state index is 11.3. The van der Waals surface area contributed by atoms with Crippen LogP contribution < -0.4 is 10.6 Å². The molecule has 1 atom stereocenters. The summed E-state index contributed by atoms with van der Waals surface area (Å²) in [4.78, 5) is 22.2. The minimum atomic E-state index is -0.348. The van der Waals surface area contributed by atoms with Crippen LogP contribution in [0.2, 0.25) is 0 Å². The minimum Gasteiger partial charge on any atom is -0.468 e. The van der Waals surface area contributed by atoms with Crippen LogP contribution >= 0.6 is 0 Å². The first kappa shape index (κ1) is 13.9. The molecule has 0 saturated carbocycles. The molecule has 0 aliphatic heterocycles. The SMILES string of the molecule is CNC(=O)CCNC(C(=O)OC)C(C)C. The number of carbonyl (C=O) groups excluding carboxylic acids is 2. The number of amides is 1. The van der Waals surface area contributed by atoms with E-state index in [9.17, 15) is 9.59 Å². The van der Waals surface area contributed by atoms with Crippen LogP contribution in [0.1, 0.15) is 20.3 Å². The Bertz CT molecular complexity index is 217. The van der Waals surface area contributed by atoms with Gasteiger partial charge < -0.3 is 15.4 Å². The summed E-state index contributed by atoms with van der Waals surface area (Å²) in [5.74, 6) is -0.195. The normalized spacial score (nSPS) is 12.3. The molecule has 0 rings (SSSR count). The first-order chi connectivity index (χ1) is 7.02. The maximum absolute atomic E-state index is 11.3. The van der Waals surface area contributed by atoms with Crippen LogP contribution in [-0.2, 0) is 14.3 Å². The molecule has 0 heterocycles. The molecule has 2 N–H and O–H groups in total. The lowest BCUT2D eigenvalue weighted by atomic mass is 10.0. The fourth-order valence-electron chi connectivity index (χ4n) is 1.18. The van der Waals surface area contributed by atoms with Crippen molar-refractivity contribution in [2.45, 2.75) is 26.3 Å². The standard InChI is InChI=1S/C10H20N2O3/c1-7(2)9(10(14)15-4)12-6-5-8(13)11-3/h7,9,12H,5-6H2,1-4H3,(H,11,13). The molecule has 0 bridgehead atoms. The van der Waals surface area contributed by atoms with Crippen LogP contribution in [0.25, 0.3) is 0 Å². The van der Waals surface area contributed by atoms with Gasteiger partial charge >= 0.3 is 5.97 Å². The monoisotopic (exact) mass is 216 g/mol. The smallest absolute Gasteiger partial charge is 0.323 e. The third kappa shape index (κ3) is 5.37. The van der Waals surface area contributed by atoms with Crippen LogP contribution in [0.3, 0.4) is 0 Å². The second kappa shape index (κ2) is 7.23. The van der Waals surface area contributed by atoms with Gasteiger partial charge in [0.1, 0.15) is 6.04 Å². The van der Waals surface area contributed by atoms with Crippen molar-refractivity contribution in [3.05, 3.63) is 0 Å². The van der Waals surface area contributed by atoms with Crippen molar-refractivity contribution in [1.29, 1.82) is 0 Å². The minimum absolute atomic E-state index is 0.0464. The lowest BCUT2D eigenvalue weighted by molar-refractivity contribution is -0.144. The molecule has 0 aromatic carbocycles. The molecular formula is C10H20N2O3. The first-order valence-electron chi connectivity index (χ1n) is 5.04. The molecule has 5 nitrogen and oxygen atoms in total. The number of hydrogen-bond donors (Lipinski definition) is 2. The summed E-state index contributed by atoms with van der Waals surface area (Å²) in [6.07, 6.45) is 0.358. The number of methoxy groups -OCH3 is 1. The topological polar surface area (TPSA) is 67.4 Å². The van der Waals surface area contributed by atoms with Gasteiger partial charge in [-0.2, -0.15) is 0 Å². The molecule has 0 aliphatic rings. The Morgan fingerprint density at radius 3 is 2.33 bits per heavy atom. The molecular weight excluding hydrogens is 196 g/mol. The van der Waals surface area contributed by atoms with Crippen molar-refractivity contribution < 1.29 is 14.3 Å². The van der Waals surface area contributed by atoms with E-state index in [0.717, 1.165) is 0 Å². The van der Waals surface area contributed by atoms with Gasteiger partial charge in [-0.15, -0.1) is 0 Å². The lowest BCUT2D eigenvalue weighted by Gasteiger charge is -2.19. The van der Waals surface area contributed by atoms with Crippen molar-refractivity contribution in [2.75, 3.05) is 20.7 Å². The van der Waals surface area contributed by atoms with E-state index in [0.29, 0.717) is 13.0 Å². The van der Waals surface area contributed by atoms with Crippen molar-refractivity contribution in [1.82, 2.24) is 10.6 Å². The molecule has 0 saturated heterocycles. The predicted molar refractivity (Wildman–Crippen MR) is 57.3 cm³/mol. The quantitative estimate of drug-likeness (QED) is 0.609. The van der Waals surface area contributed by atoms with E-state index in [-0.39, 0.29) is 23.8 Å². The highest BCUT2D eigenvalue weighted by Crippen LogP contribution is 2.03. The second-order valence-electron chi connectivity index (χ2n) is 3.62. The maximum Gasteiger partial charge on any atom is 0.323 e. The van der Waals surface area contributed by atoms with Crippen LogP contribution in [-0.4, -0.2) is 38.6 Å². The fourth-order valence-corrected chi connectivity index (χ4v) is 1.18. The first-order valence-corrected chi connectivity index (χ1v) is 5.04. The lowest BCUT2D eigenvalue weighted by Crippen LogP contribution is -2.43. The van der Waals surface area contributed by atoms with Crippen molar-refractivity contribution in [3.63, 3.8) is 0 Å². The molecule has 15 heavy (non-hydrogen) atoms. The summed E-state index contributed by atoms with van der Waals surface area (Å²) in [6, 6.07) is -0.348. The average molecular weight is 216 g/mol. The molecule has 1 unspecified atom stereocenters. The third-order valence-corrected chi connectivity index (χ3v) is 2.12. The summed E-state index contributed by atoms with van der Waals surface area (Å²) in [5, 5.41) is 5.52. The zero-order valence-electron chi connectivity index (χ0n) is 9.79. The Balaban J connectivity index is 3.97. The number of ether oxygens (including phenoxy) is 1. The van der Waals surface area contributed by atoms with Gasteiger partial charge in [0.2, 0.25) is 5.91 Å². The molecule has 0 aliphatic carbocycles. The molecule has 1 amide bonds. The number of carbonyl (C=O) groups is 2. The van der Waals surface area contributed by atoms with E-state index in [4.69, 9.17) is 0 Å². The highest BCUT2D eigenvalue weighted by molar-refractivity contribution is 5.77. The molecule has 88 valence electrons. The van der Waals surface area contributed by atoms with Gasteiger partial charge in [-0.1, -0.05) is 13.8 Å². The van der Waals surface area contributed by atoms with Gasteiger partial charge in [-0.05, 0) is 5.92 Å². The van der Waals surface area contributed by atoms with Gasteiger partial charge in [0.15, 0.2) is 0 Å². The second-order valence-corrected chi connectivity index (χ2v) is 3.62. The Labute approximate surface area is 90.6 Å². The number of rotatable bonds is 6. The summed E-state index contributed by atoms with van der Waals surface area (Å²) in [5.41, 5.74) is 0. The summed E-state index contributed by atoms with van der Waals surface area (Å²) < 4.78 is 4.66. The molecule has 0 fully saturated rings. The van der Waals surface area contributed by atoms with Gasteiger partial charge in [-0.25, -0.2) is 0 Å². The van der Waals surface area contributed by atoms with Crippen molar-refractivity contribution >= 4 is 11.9 Å². The van der Waals surface area contributed by atoms with E-state index in [2.05, 4.69) is 15.4 Å². The van der Waals surface area contributed by atoms with Crippen molar-refractivity contribution in [3.8, 4) is 0 Å². The number of esters is 1. The fraction of sp³-hybridized carbons (Fsp3) is 0.800. The average Bonchev–Trinajstić information content (AvgIpc) is 2.22. The highest BCUT2D eigenvalue weighted by atomic mass is 16.5. The van der Waals surface area contributed by atoms with E-state index in [1.165, 1.54) is 7.11 Å². The number of nitrogens with one attached hydrogen (secondary N) is 2. The van der Waals surface area contributed by atoms with Crippen molar-refractivity contribution in [2.24, 2.45) is 5.92 Å². The van der Waals surface area contributed by atoms with E-state index >= 15 is 0 Å². The van der Waals surface area contributed by atoms with E-state index in [1.807, 2.05) is 13.8 Å². The van der Waals surface area contributed by atoms with Crippen LogP contribution in [0.5, 0.6) is 0 Å². The predicted octanol–water partition coefficient (Wildman–Crippen LogP) is -0.0903. The van der Waals surface area contributed by atoms with Crippen LogP contribution in [0, 0.1) is 5.92 Å². The zero-order chi connectivity index (χ0) is 11.8. The Morgan fingerprint density at radius 1 is 1.33 bits per heavy atom. The van der Waals surface area contributed by atoms with Crippen LogP contribution in [0.4, 0.5) is 0 Å². The third-order valence-electron chi connectivity index (χ3n) is 2.12. The highest BCUT2D eigenvalue weighted by Gasteiger charge is 2.21. The Kier molecular flexibility index (Phi) is 6.70. The largest absolute Gasteiger partial charge is 0.468 e. The van der Waals surface area contributed by atoms with Gasteiger partial charge in [0, 0.05) is 20.0 Å². The zero-order valence-corrected chi connectivity index (χ0v) is 9.79. The van der Waals surface area contributed by atoms with Gasteiger partial charge in [0.25, 0.3) is 0 Å². The summed E-state index contributed by atoms with van der Waals surface area (Å²) >= 11 is 0. The molecule has 5 heteroatoms. The van der Waals surface area contributed by atoms with E-state index in [1.54, 1.807) is 7.05 Å². The molecule has 0 radical (unpaired) electrons. The Hall–Kier alpha value is -1.10. The van der Waals surface area contributed by atoms with Crippen LogP contribution in [0.15, 0.2) is 0 Å². The van der Waals surface area contributed by atoms with E-state index < -0.39 is 0 Å². The van der Waals surface area contributed by atoms with Gasteiger partial charge in [-0.3, -0.25) is 9.59 Å². The molecule has 0 spiro atoms. The summed E-state index contributed by atoms with van der Waals surface area (Å²) in [6.45, 7) is 4.32.